The highest BCUT2D eigenvalue weighted by Gasteiger charge is 2.32. The number of ether oxygens (including phenoxy) is 3. The van der Waals surface area contributed by atoms with Crippen LogP contribution in [0.4, 0.5) is 23.7 Å². The SMILES string of the molecule is O=C(NCC1CCC(OCc2ccncc2)CC1)Nc1cc(C(F)(F)F)ccc1OC1COC1. The van der Waals surface area contributed by atoms with Gasteiger partial charge in [0.25, 0.3) is 0 Å². The van der Waals surface area contributed by atoms with Gasteiger partial charge >= 0.3 is 12.2 Å². The normalized spacial score (nSPS) is 20.9. The fourth-order valence-corrected chi connectivity index (χ4v) is 3.97. The molecule has 2 fully saturated rings. The summed E-state index contributed by atoms with van der Waals surface area (Å²) in [5.74, 6) is 0.471. The fourth-order valence-electron chi connectivity index (χ4n) is 3.97. The standard InChI is InChI=1S/C24H28F3N3O4/c25-24(26,27)18-3-6-22(34-20-14-32-15-20)21(11-18)30-23(31)29-12-16-1-4-19(5-2-16)33-13-17-7-9-28-10-8-17/h3,6-11,16,19-20H,1-2,4-5,12-15H2,(H2,29,30,31). The minimum absolute atomic E-state index is 0.0209. The highest BCUT2D eigenvalue weighted by Crippen LogP contribution is 2.36. The van der Waals surface area contributed by atoms with Crippen LogP contribution in [0.2, 0.25) is 0 Å². The number of aromatic nitrogens is 1. The van der Waals surface area contributed by atoms with Gasteiger partial charge in [-0.3, -0.25) is 4.98 Å². The average Bonchev–Trinajstić information content (AvgIpc) is 2.80. The molecule has 4 rings (SSSR count). The van der Waals surface area contributed by atoms with Crippen molar-refractivity contribution in [2.24, 2.45) is 5.92 Å². The van der Waals surface area contributed by atoms with Crippen LogP contribution >= 0.6 is 0 Å². The third-order valence-corrected chi connectivity index (χ3v) is 6.04. The number of pyridine rings is 1. The van der Waals surface area contributed by atoms with Gasteiger partial charge in [-0.15, -0.1) is 0 Å². The highest BCUT2D eigenvalue weighted by atomic mass is 19.4. The number of hydrogen-bond acceptors (Lipinski definition) is 5. The summed E-state index contributed by atoms with van der Waals surface area (Å²) in [6.07, 6.45) is 2.49. The Morgan fingerprint density at radius 3 is 2.44 bits per heavy atom. The molecule has 34 heavy (non-hydrogen) atoms. The number of carbonyl (C=O) groups excluding carboxylic acids is 1. The lowest BCUT2D eigenvalue weighted by Gasteiger charge is -2.29. The molecule has 1 saturated carbocycles. The first kappa shape index (κ1) is 24.3. The van der Waals surface area contributed by atoms with Crippen molar-refractivity contribution >= 4 is 11.7 Å². The van der Waals surface area contributed by atoms with E-state index in [0.29, 0.717) is 26.4 Å². The predicted molar refractivity (Wildman–Crippen MR) is 118 cm³/mol. The number of halogens is 3. The number of nitrogens with one attached hydrogen (secondary N) is 2. The van der Waals surface area contributed by atoms with Crippen molar-refractivity contribution in [3.63, 3.8) is 0 Å². The molecule has 1 aromatic carbocycles. The van der Waals surface area contributed by atoms with Crippen molar-refractivity contribution < 1.29 is 32.2 Å². The van der Waals surface area contributed by atoms with Crippen LogP contribution in [0.5, 0.6) is 5.75 Å². The first-order valence-corrected chi connectivity index (χ1v) is 11.4. The Hall–Kier alpha value is -2.85. The first-order valence-electron chi connectivity index (χ1n) is 11.4. The second-order valence-corrected chi connectivity index (χ2v) is 8.63. The largest absolute Gasteiger partial charge is 0.483 e. The Bertz CT molecular complexity index is 946. The summed E-state index contributed by atoms with van der Waals surface area (Å²) in [6, 6.07) is 6.34. The molecular formula is C24H28F3N3O4. The van der Waals surface area contributed by atoms with E-state index in [0.717, 1.165) is 43.4 Å². The second-order valence-electron chi connectivity index (χ2n) is 8.63. The molecule has 2 N–H and O–H groups in total. The average molecular weight is 479 g/mol. The van der Waals surface area contributed by atoms with E-state index >= 15 is 0 Å². The van der Waals surface area contributed by atoms with Crippen LogP contribution in [-0.2, 0) is 22.3 Å². The molecule has 2 aliphatic rings. The molecule has 1 saturated heterocycles. The lowest BCUT2D eigenvalue weighted by molar-refractivity contribution is -0.137. The predicted octanol–water partition coefficient (Wildman–Crippen LogP) is 4.78. The van der Waals surface area contributed by atoms with Crippen LogP contribution in [0.25, 0.3) is 0 Å². The highest BCUT2D eigenvalue weighted by molar-refractivity contribution is 5.91. The van der Waals surface area contributed by atoms with E-state index in [1.165, 1.54) is 6.07 Å². The van der Waals surface area contributed by atoms with Gasteiger partial charge in [-0.25, -0.2) is 4.79 Å². The molecule has 0 spiro atoms. The molecule has 0 unspecified atom stereocenters. The van der Waals surface area contributed by atoms with Gasteiger partial charge in [-0.2, -0.15) is 13.2 Å². The molecular weight excluding hydrogens is 451 g/mol. The lowest BCUT2D eigenvalue weighted by Crippen LogP contribution is -2.39. The van der Waals surface area contributed by atoms with E-state index in [1.54, 1.807) is 12.4 Å². The molecule has 1 aliphatic carbocycles. The number of hydrogen-bond donors (Lipinski definition) is 2. The minimum Gasteiger partial charge on any atom is -0.483 e. The van der Waals surface area contributed by atoms with Crippen LogP contribution in [-0.4, -0.2) is 43.0 Å². The molecule has 0 atom stereocenters. The molecule has 7 nitrogen and oxygen atoms in total. The number of amides is 2. The Morgan fingerprint density at radius 2 is 1.79 bits per heavy atom. The van der Waals surface area contributed by atoms with E-state index < -0.39 is 17.8 Å². The maximum Gasteiger partial charge on any atom is 0.416 e. The van der Waals surface area contributed by atoms with Crippen LogP contribution in [0.1, 0.15) is 36.8 Å². The van der Waals surface area contributed by atoms with Gasteiger partial charge in [-0.05, 0) is 67.5 Å². The number of anilines is 1. The van der Waals surface area contributed by atoms with Crippen LogP contribution in [0.3, 0.4) is 0 Å². The molecule has 2 heterocycles. The summed E-state index contributed by atoms with van der Waals surface area (Å²) in [4.78, 5) is 16.4. The Labute approximate surface area is 196 Å². The van der Waals surface area contributed by atoms with Crippen molar-refractivity contribution in [3.8, 4) is 5.75 Å². The summed E-state index contributed by atoms with van der Waals surface area (Å²) in [7, 11) is 0. The smallest absolute Gasteiger partial charge is 0.416 e. The van der Waals surface area contributed by atoms with Gasteiger partial charge in [-0.1, -0.05) is 0 Å². The van der Waals surface area contributed by atoms with E-state index in [-0.39, 0.29) is 29.6 Å². The zero-order valence-electron chi connectivity index (χ0n) is 18.6. The summed E-state index contributed by atoms with van der Waals surface area (Å²) >= 11 is 0. The quantitative estimate of drug-likeness (QED) is 0.570. The van der Waals surface area contributed by atoms with Crippen LogP contribution < -0.4 is 15.4 Å². The molecule has 1 aromatic heterocycles. The maximum atomic E-state index is 13.1. The number of rotatable bonds is 8. The third-order valence-electron chi connectivity index (χ3n) is 6.04. The topological polar surface area (TPSA) is 81.7 Å². The minimum atomic E-state index is -4.52. The van der Waals surface area contributed by atoms with Gasteiger partial charge in [0, 0.05) is 18.9 Å². The second kappa shape index (κ2) is 11.1. The van der Waals surface area contributed by atoms with Gasteiger partial charge in [0.15, 0.2) is 0 Å². The number of carbonyl (C=O) groups is 1. The zero-order chi connectivity index (χ0) is 24.0. The van der Waals surface area contributed by atoms with Crippen molar-refractivity contribution in [2.45, 2.75) is 50.7 Å². The van der Waals surface area contributed by atoms with Gasteiger partial charge < -0.3 is 24.8 Å². The monoisotopic (exact) mass is 479 g/mol. The first-order chi connectivity index (χ1) is 16.4. The summed E-state index contributed by atoms with van der Waals surface area (Å²) in [5.41, 5.74) is 0.204. The molecule has 0 radical (unpaired) electrons. The molecule has 10 heteroatoms. The fraction of sp³-hybridized carbons (Fsp3) is 0.500. The van der Waals surface area contributed by atoms with Crippen molar-refractivity contribution in [2.75, 3.05) is 25.1 Å². The van der Waals surface area contributed by atoms with Gasteiger partial charge in [0.05, 0.1) is 37.2 Å². The summed E-state index contributed by atoms with van der Waals surface area (Å²) < 4.78 is 56.1. The molecule has 2 aromatic rings. The van der Waals surface area contributed by atoms with Crippen LogP contribution in [0, 0.1) is 5.92 Å². The van der Waals surface area contributed by atoms with E-state index in [4.69, 9.17) is 14.2 Å². The van der Waals surface area contributed by atoms with Crippen molar-refractivity contribution in [3.05, 3.63) is 53.9 Å². The Balaban J connectivity index is 1.24. The van der Waals surface area contributed by atoms with Gasteiger partial charge in [0.1, 0.15) is 11.9 Å². The molecule has 0 bridgehead atoms. The van der Waals surface area contributed by atoms with E-state index in [9.17, 15) is 18.0 Å². The molecule has 1 aliphatic heterocycles. The zero-order valence-corrected chi connectivity index (χ0v) is 18.6. The lowest BCUT2D eigenvalue weighted by atomic mass is 9.87. The van der Waals surface area contributed by atoms with Crippen molar-refractivity contribution in [1.82, 2.24) is 10.3 Å². The van der Waals surface area contributed by atoms with Crippen LogP contribution in [0.15, 0.2) is 42.7 Å². The van der Waals surface area contributed by atoms with E-state index in [2.05, 4.69) is 15.6 Å². The Morgan fingerprint density at radius 1 is 1.06 bits per heavy atom. The number of urea groups is 1. The Kier molecular flexibility index (Phi) is 7.89. The third kappa shape index (κ3) is 6.83. The number of benzene rings is 1. The molecule has 184 valence electrons. The maximum absolute atomic E-state index is 13.1. The summed E-state index contributed by atoms with van der Waals surface area (Å²) in [6.45, 7) is 1.71. The molecule has 2 amide bonds. The number of nitrogens with zero attached hydrogens (tertiary/aromatic N) is 1. The van der Waals surface area contributed by atoms with E-state index in [1.807, 2.05) is 12.1 Å². The summed E-state index contributed by atoms with van der Waals surface area (Å²) in [5, 5.41) is 5.30. The van der Waals surface area contributed by atoms with Gasteiger partial charge in [0.2, 0.25) is 0 Å². The number of alkyl halides is 3. The van der Waals surface area contributed by atoms with Crippen molar-refractivity contribution in [1.29, 1.82) is 0 Å².